The maximum atomic E-state index is 11.6. The number of anilines is 1. The summed E-state index contributed by atoms with van der Waals surface area (Å²) in [6.07, 6.45) is 2.63. The third-order valence-corrected chi connectivity index (χ3v) is 8.21. The van der Waals surface area contributed by atoms with Crippen molar-refractivity contribution in [2.24, 2.45) is 5.92 Å². The maximum absolute atomic E-state index is 11.6. The number of amides is 1. The van der Waals surface area contributed by atoms with E-state index in [0.29, 0.717) is 19.0 Å². The average Bonchev–Trinajstić information content (AvgIpc) is 2.84. The molecule has 1 aliphatic heterocycles. The summed E-state index contributed by atoms with van der Waals surface area (Å²) in [7, 11) is 0. The molecule has 0 bridgehead atoms. The minimum absolute atomic E-state index is 0.00542. The number of rotatable bonds is 12. The van der Waals surface area contributed by atoms with E-state index in [2.05, 4.69) is 87.1 Å². The van der Waals surface area contributed by atoms with Crippen LogP contribution in [0.25, 0.3) is 0 Å². The fourth-order valence-corrected chi connectivity index (χ4v) is 6.04. The van der Waals surface area contributed by atoms with Crippen LogP contribution < -0.4 is 5.32 Å². The van der Waals surface area contributed by atoms with E-state index < -0.39 is 11.9 Å². The zero-order valence-corrected chi connectivity index (χ0v) is 26.7. The normalized spacial score (nSPS) is 18.9. The van der Waals surface area contributed by atoms with Crippen LogP contribution in [0, 0.1) is 5.92 Å². The molecule has 208 valence electrons. The molecule has 1 amide bonds. The second-order valence-corrected chi connectivity index (χ2v) is 12.5. The Morgan fingerprint density at radius 3 is 2.38 bits per heavy atom. The van der Waals surface area contributed by atoms with Gasteiger partial charge in [0.15, 0.2) is 0 Å². The Bertz CT molecular complexity index is 866. The number of nitrogens with zero attached hydrogens (tertiary/aromatic N) is 4. The predicted molar refractivity (Wildman–Crippen MR) is 165 cm³/mol. The molecular weight excluding hydrogens is 772 g/mol. The van der Waals surface area contributed by atoms with Crippen molar-refractivity contribution in [1.29, 1.82) is 0 Å². The maximum Gasteiger partial charge on any atom is 0.318 e. The van der Waals surface area contributed by atoms with Gasteiger partial charge in [0.05, 0.1) is 11.9 Å². The number of hydrogen-bond donors (Lipinski definition) is 3. The molecule has 0 aliphatic carbocycles. The number of carboxylic acids is 2. The molecule has 1 heterocycles. The summed E-state index contributed by atoms with van der Waals surface area (Å²) in [5, 5.41) is 21.5. The van der Waals surface area contributed by atoms with Gasteiger partial charge in [-0.25, -0.2) is 6.23 Å². The van der Waals surface area contributed by atoms with E-state index in [4.69, 9.17) is 5.11 Å². The molecular formula is C24H36BrI2N5O5. The largest absolute Gasteiger partial charge is 0.480 e. The molecule has 0 spiro atoms. The molecule has 1 saturated heterocycles. The lowest BCUT2D eigenvalue weighted by Crippen LogP contribution is -2.41. The molecule has 1 unspecified atom stereocenters. The molecule has 37 heavy (non-hydrogen) atoms. The highest BCUT2D eigenvalue weighted by Gasteiger charge is 2.21. The minimum Gasteiger partial charge on any atom is -0.480 e. The molecule has 0 saturated carbocycles. The molecule has 1 fully saturated rings. The Morgan fingerprint density at radius 2 is 1.73 bits per heavy atom. The number of benzene rings is 1. The van der Waals surface area contributed by atoms with Crippen LogP contribution in [0.1, 0.15) is 18.4 Å². The number of carbonyl (C=O) groups excluding carboxylic acids is 1. The van der Waals surface area contributed by atoms with Crippen molar-refractivity contribution in [3.63, 3.8) is 0 Å². The van der Waals surface area contributed by atoms with Gasteiger partial charge in [-0.2, -0.15) is 0 Å². The van der Waals surface area contributed by atoms with Gasteiger partial charge in [0.25, 0.3) is 0 Å². The molecule has 13 heteroatoms. The molecule has 0 radical (unpaired) electrons. The van der Waals surface area contributed by atoms with Crippen LogP contribution >= 0.6 is 61.7 Å². The van der Waals surface area contributed by atoms with Crippen LogP contribution in [-0.2, 0) is 20.8 Å². The predicted octanol–water partition coefficient (Wildman–Crippen LogP) is 3.05. The third kappa shape index (κ3) is 14.4. The van der Waals surface area contributed by atoms with Gasteiger partial charge >= 0.3 is 11.9 Å². The van der Waals surface area contributed by atoms with Crippen molar-refractivity contribution in [1.82, 2.24) is 16.0 Å². The summed E-state index contributed by atoms with van der Waals surface area (Å²) in [5.74, 6) is -1.37. The van der Waals surface area contributed by atoms with Gasteiger partial charge in [0.1, 0.15) is 6.54 Å². The second kappa shape index (κ2) is 17.9. The summed E-state index contributed by atoms with van der Waals surface area (Å²) >= 11 is 7.59. The van der Waals surface area contributed by atoms with Crippen LogP contribution in [0.15, 0.2) is 24.3 Å². The Morgan fingerprint density at radius 1 is 1.03 bits per heavy atom. The van der Waals surface area contributed by atoms with Gasteiger partial charge in [-0.05, 0) is 49.4 Å². The monoisotopic (exact) mass is 807 g/mol. The first-order chi connectivity index (χ1) is 17.6. The summed E-state index contributed by atoms with van der Waals surface area (Å²) in [5.41, 5.74) is 1.98. The number of hydrogen-bond acceptors (Lipinski definition) is 7. The van der Waals surface area contributed by atoms with E-state index >= 15 is 0 Å². The zero-order valence-electron chi connectivity index (χ0n) is 20.8. The molecule has 1 aliphatic rings. The van der Waals surface area contributed by atoms with Crippen molar-refractivity contribution in [2.75, 3.05) is 76.1 Å². The number of nitrogens with one attached hydrogen (secondary N) is 1. The van der Waals surface area contributed by atoms with Crippen molar-refractivity contribution in [3.05, 3.63) is 29.8 Å². The summed E-state index contributed by atoms with van der Waals surface area (Å²) < 4.78 is 4.08. The van der Waals surface area contributed by atoms with Gasteiger partial charge in [-0.15, -0.1) is 0 Å². The van der Waals surface area contributed by atoms with Gasteiger partial charge in [-0.3, -0.25) is 19.3 Å². The van der Waals surface area contributed by atoms with Crippen molar-refractivity contribution < 1.29 is 24.6 Å². The van der Waals surface area contributed by atoms with E-state index in [0.717, 1.165) is 64.2 Å². The Kier molecular flexibility index (Phi) is 15.8. The highest BCUT2D eigenvalue weighted by molar-refractivity contribution is 14.1. The van der Waals surface area contributed by atoms with Gasteiger partial charge in [-0.1, -0.05) is 28.1 Å². The lowest BCUT2D eigenvalue weighted by Gasteiger charge is -2.30. The topological polar surface area (TPSA) is 117 Å². The van der Waals surface area contributed by atoms with Crippen molar-refractivity contribution in [2.45, 2.75) is 19.3 Å². The van der Waals surface area contributed by atoms with Crippen molar-refractivity contribution >= 4 is 85.2 Å². The first-order valence-corrected chi connectivity index (χ1v) is 15.3. The fraction of sp³-hybridized carbons (Fsp3) is 0.625. The van der Waals surface area contributed by atoms with E-state index in [1.807, 2.05) is 17.0 Å². The highest BCUT2D eigenvalue weighted by Crippen LogP contribution is 2.19. The zero-order chi connectivity index (χ0) is 27.2. The van der Waals surface area contributed by atoms with Crippen LogP contribution in [0.4, 0.5) is 5.69 Å². The van der Waals surface area contributed by atoms with Gasteiger partial charge in [0.2, 0.25) is 5.91 Å². The summed E-state index contributed by atoms with van der Waals surface area (Å²) in [4.78, 5) is 38.4. The molecule has 1 aromatic rings. The fourth-order valence-electron chi connectivity index (χ4n) is 4.37. The number of carbonyl (C=O) groups is 3. The van der Waals surface area contributed by atoms with Crippen molar-refractivity contribution in [3.8, 4) is 0 Å². The van der Waals surface area contributed by atoms with E-state index in [9.17, 15) is 19.5 Å². The smallest absolute Gasteiger partial charge is 0.318 e. The van der Waals surface area contributed by atoms with E-state index in [1.54, 1.807) is 3.11 Å². The summed E-state index contributed by atoms with van der Waals surface area (Å²) in [6, 6.07) is 7.99. The van der Waals surface area contributed by atoms with Crippen LogP contribution in [-0.4, -0.2) is 115 Å². The molecule has 1 atom stereocenters. The molecule has 2 rings (SSSR count). The first-order valence-electron chi connectivity index (χ1n) is 12.3. The van der Waals surface area contributed by atoms with Gasteiger partial charge < -0.3 is 20.4 Å². The number of aliphatic carboxylic acids is 2. The van der Waals surface area contributed by atoms with E-state index in [-0.39, 0.29) is 24.3 Å². The van der Waals surface area contributed by atoms with E-state index in [1.165, 1.54) is 5.56 Å². The quantitative estimate of drug-likeness (QED) is 0.167. The standard InChI is InChI=1S/C24H36BrI2N5O5/c25-14-22(33)28-21-5-3-19(4-6-21)13-20-15-29(7-1-10-32(27)18-24(36)37)11-12-30(17-23(34)35)8-2-9-31(26)16-20/h3-6,20H,1-2,7-18H2,(H,28,33)(H,34,35)(H,36,37). The lowest BCUT2D eigenvalue weighted by molar-refractivity contribution is -0.138. The second-order valence-electron chi connectivity index (χ2n) is 9.23. The third-order valence-electron chi connectivity index (χ3n) is 6.00. The van der Waals surface area contributed by atoms with Crippen LogP contribution in [0.5, 0.6) is 0 Å². The Hall–Kier alpha value is -0.590. The molecule has 0 aromatic heterocycles. The molecule has 10 nitrogen and oxygen atoms in total. The highest BCUT2D eigenvalue weighted by atomic mass is 127. The first kappa shape index (κ1) is 32.6. The van der Waals surface area contributed by atoms with Crippen LogP contribution in [0.2, 0.25) is 0 Å². The molecule has 1 aromatic carbocycles. The SMILES string of the molecule is O=C(O)CN(I)CCCN1CCN(CC(=O)O)CCCN(I)CC(Cc2ccc(NC(=O)CBr)cc2)C1. The lowest BCUT2D eigenvalue weighted by atomic mass is 9.98. The minimum atomic E-state index is -0.839. The average molecular weight is 808 g/mol. The Balaban J connectivity index is 2.10. The Labute approximate surface area is 255 Å². The van der Waals surface area contributed by atoms with Gasteiger partial charge in [0, 0.05) is 97.2 Å². The van der Waals surface area contributed by atoms with Crippen LogP contribution in [0.3, 0.4) is 0 Å². The number of alkyl halides is 1. The molecule has 3 N–H and O–H groups in total. The summed E-state index contributed by atoms with van der Waals surface area (Å²) in [6.45, 7) is 6.39. The number of carboxylic acid groups (broad SMARTS) is 2. The number of halogens is 3.